The minimum atomic E-state index is -4.54. The van der Waals surface area contributed by atoms with Gasteiger partial charge >= 0.3 is 6.18 Å². The molecule has 0 aliphatic carbocycles. The maximum absolute atomic E-state index is 13.6. The first kappa shape index (κ1) is 28.9. The van der Waals surface area contributed by atoms with Crippen LogP contribution in [0.5, 0.6) is 0 Å². The van der Waals surface area contributed by atoms with Crippen LogP contribution in [0.2, 0.25) is 5.02 Å². The van der Waals surface area contributed by atoms with Gasteiger partial charge in [-0.2, -0.15) is 18.3 Å². The zero-order valence-corrected chi connectivity index (χ0v) is 22.9. The molecule has 1 aromatic heterocycles. The van der Waals surface area contributed by atoms with Gasteiger partial charge in [-0.15, -0.1) is 0 Å². The fourth-order valence-corrected chi connectivity index (χ4v) is 5.82. The van der Waals surface area contributed by atoms with Crippen LogP contribution in [0.15, 0.2) is 94.9 Å². The molecule has 1 amide bonds. The molecule has 4 aromatic rings. The lowest BCUT2D eigenvalue weighted by Gasteiger charge is -2.23. The van der Waals surface area contributed by atoms with E-state index in [1.54, 1.807) is 50.2 Å². The van der Waals surface area contributed by atoms with E-state index in [9.17, 15) is 26.4 Å². The van der Waals surface area contributed by atoms with E-state index in [0.717, 1.165) is 10.4 Å². The largest absolute Gasteiger partial charge is 0.418 e. The third-order valence-corrected chi connectivity index (χ3v) is 8.05. The summed E-state index contributed by atoms with van der Waals surface area (Å²) in [6.45, 7) is 2.69. The molecule has 0 saturated heterocycles. The zero-order chi connectivity index (χ0) is 29.1. The maximum atomic E-state index is 13.6. The topological polar surface area (TPSA) is 83.8 Å². The molecular formula is C28H24ClF3N4O3S. The number of nitrogens with one attached hydrogen (secondary N) is 1. The Balaban J connectivity index is 1.57. The normalized spacial score (nSPS) is 12.1. The second kappa shape index (κ2) is 11.6. The third-order valence-electron chi connectivity index (χ3n) is 6.03. The van der Waals surface area contributed by atoms with Gasteiger partial charge in [0.2, 0.25) is 0 Å². The highest BCUT2D eigenvalue weighted by Gasteiger charge is 2.34. The zero-order valence-electron chi connectivity index (χ0n) is 21.4. The average molecular weight is 589 g/mol. The lowest BCUT2D eigenvalue weighted by Crippen LogP contribution is -2.39. The highest BCUT2D eigenvalue weighted by Crippen LogP contribution is 2.35. The van der Waals surface area contributed by atoms with Crippen LogP contribution in [0, 0.1) is 13.8 Å². The first-order valence-corrected chi connectivity index (χ1v) is 13.7. The molecule has 0 saturated carbocycles. The number of hydrogen-bond acceptors (Lipinski definition) is 4. The number of aryl methyl sites for hydroxylation is 1. The number of para-hydroxylation sites is 1. The second-order valence-corrected chi connectivity index (χ2v) is 11.1. The third kappa shape index (κ3) is 6.21. The molecule has 0 unspecified atom stereocenters. The highest BCUT2D eigenvalue weighted by atomic mass is 35.5. The number of sulfonamides is 1. The summed E-state index contributed by atoms with van der Waals surface area (Å²) in [5.74, 6) is -0.744. The number of nitrogens with zero attached hydrogens (tertiary/aromatic N) is 3. The first-order chi connectivity index (χ1) is 18.9. The molecule has 0 aliphatic rings. The van der Waals surface area contributed by atoms with Crippen molar-refractivity contribution in [1.29, 1.82) is 0 Å². The number of anilines is 1. The van der Waals surface area contributed by atoms with Crippen LogP contribution in [0.3, 0.4) is 0 Å². The predicted molar refractivity (Wildman–Crippen MR) is 148 cm³/mol. The predicted octanol–water partition coefficient (Wildman–Crippen LogP) is 6.11. The van der Waals surface area contributed by atoms with Crippen molar-refractivity contribution in [3.8, 4) is 5.69 Å². The van der Waals surface area contributed by atoms with Gasteiger partial charge in [0.15, 0.2) is 0 Å². The highest BCUT2D eigenvalue weighted by molar-refractivity contribution is 7.92. The van der Waals surface area contributed by atoms with E-state index < -0.39 is 34.2 Å². The SMILES string of the molecule is Cc1cc(/C=N\NC(=O)CN(c2cccc(Cl)c2)S(=O)(=O)c2ccccc2)c(C)n1-c1ccccc1C(F)(F)F. The molecule has 1 N–H and O–H groups in total. The summed E-state index contributed by atoms with van der Waals surface area (Å²) < 4.78 is 69.9. The molecule has 3 aromatic carbocycles. The number of alkyl halides is 3. The molecular weight excluding hydrogens is 565 g/mol. The summed E-state index contributed by atoms with van der Waals surface area (Å²) in [6.07, 6.45) is -3.25. The van der Waals surface area contributed by atoms with Gasteiger partial charge in [0.05, 0.1) is 28.0 Å². The molecule has 1 heterocycles. The van der Waals surface area contributed by atoms with Crippen molar-refractivity contribution in [2.45, 2.75) is 24.9 Å². The Hall–Kier alpha value is -4.09. The van der Waals surface area contributed by atoms with Gasteiger partial charge < -0.3 is 4.57 Å². The van der Waals surface area contributed by atoms with E-state index in [4.69, 9.17) is 11.6 Å². The van der Waals surface area contributed by atoms with Crippen molar-refractivity contribution < 1.29 is 26.4 Å². The molecule has 0 atom stereocenters. The van der Waals surface area contributed by atoms with Crippen LogP contribution in [0.25, 0.3) is 5.69 Å². The van der Waals surface area contributed by atoms with Crippen molar-refractivity contribution in [3.05, 3.63) is 112 Å². The van der Waals surface area contributed by atoms with Crippen molar-refractivity contribution >= 4 is 39.4 Å². The van der Waals surface area contributed by atoms with Crippen LogP contribution in [0.1, 0.15) is 22.5 Å². The van der Waals surface area contributed by atoms with E-state index in [0.29, 0.717) is 17.0 Å². The first-order valence-electron chi connectivity index (χ1n) is 11.9. The standard InChI is InChI=1S/C28H24ClF3N4O3S/c1-19-15-21(20(2)36(19)26-14-7-6-13-25(26)28(30,31)32)17-33-34-27(37)18-35(23-10-8-9-22(29)16-23)40(38,39)24-11-4-3-5-12-24/h3-17H,18H2,1-2H3,(H,34,37)/b33-17-. The number of rotatable bonds is 8. The summed E-state index contributed by atoms with van der Waals surface area (Å²) in [5, 5.41) is 4.22. The molecule has 7 nitrogen and oxygen atoms in total. The van der Waals surface area contributed by atoms with Crippen LogP contribution >= 0.6 is 11.6 Å². The number of benzene rings is 3. The number of carbonyl (C=O) groups is 1. The van der Waals surface area contributed by atoms with E-state index in [1.807, 2.05) is 0 Å². The summed E-state index contributed by atoms with van der Waals surface area (Å²) in [7, 11) is -4.13. The lowest BCUT2D eigenvalue weighted by molar-refractivity contribution is -0.137. The minimum Gasteiger partial charge on any atom is -0.317 e. The monoisotopic (exact) mass is 588 g/mol. The Kier molecular flexibility index (Phi) is 8.36. The molecule has 4 rings (SSSR count). The summed E-state index contributed by atoms with van der Waals surface area (Å²) in [6, 6.07) is 20.6. The molecule has 208 valence electrons. The van der Waals surface area contributed by atoms with Gasteiger partial charge in [-0.25, -0.2) is 13.8 Å². The van der Waals surface area contributed by atoms with Gasteiger partial charge in [-0.3, -0.25) is 9.10 Å². The van der Waals surface area contributed by atoms with Crippen LogP contribution in [-0.2, 0) is 21.0 Å². The van der Waals surface area contributed by atoms with E-state index >= 15 is 0 Å². The number of hydrazone groups is 1. The van der Waals surface area contributed by atoms with Gasteiger partial charge in [-0.1, -0.05) is 48.0 Å². The molecule has 12 heteroatoms. The minimum absolute atomic E-state index is 0.0159. The fraction of sp³-hybridized carbons (Fsp3) is 0.143. The lowest BCUT2D eigenvalue weighted by atomic mass is 10.1. The van der Waals surface area contributed by atoms with Gasteiger partial charge in [-0.05, 0) is 62.4 Å². The average Bonchev–Trinajstić information content (AvgIpc) is 3.19. The molecule has 0 spiro atoms. The maximum Gasteiger partial charge on any atom is 0.418 e. The van der Waals surface area contributed by atoms with Crippen molar-refractivity contribution in [3.63, 3.8) is 0 Å². The number of amides is 1. The summed E-state index contributed by atoms with van der Waals surface area (Å²) in [5.41, 5.74) is 3.15. The summed E-state index contributed by atoms with van der Waals surface area (Å²) >= 11 is 6.07. The number of aromatic nitrogens is 1. The van der Waals surface area contributed by atoms with Gasteiger partial charge in [0.25, 0.3) is 15.9 Å². The number of hydrogen-bond donors (Lipinski definition) is 1. The Morgan fingerprint density at radius 1 is 1.00 bits per heavy atom. The van der Waals surface area contributed by atoms with E-state index in [-0.39, 0.29) is 21.3 Å². The van der Waals surface area contributed by atoms with E-state index in [2.05, 4.69) is 10.5 Å². The smallest absolute Gasteiger partial charge is 0.317 e. The van der Waals surface area contributed by atoms with Crippen LogP contribution in [-0.4, -0.2) is 31.7 Å². The molecule has 0 aliphatic heterocycles. The van der Waals surface area contributed by atoms with Crippen molar-refractivity contribution in [2.24, 2.45) is 5.10 Å². The second-order valence-electron chi connectivity index (χ2n) is 8.77. The quantitative estimate of drug-likeness (QED) is 0.199. The Bertz CT molecular complexity index is 1670. The fourth-order valence-electron chi connectivity index (χ4n) is 4.20. The van der Waals surface area contributed by atoms with Crippen molar-refractivity contribution in [2.75, 3.05) is 10.8 Å². The Morgan fingerprint density at radius 3 is 2.35 bits per heavy atom. The molecule has 40 heavy (non-hydrogen) atoms. The summed E-state index contributed by atoms with van der Waals surface area (Å²) in [4.78, 5) is 12.8. The molecule has 0 radical (unpaired) electrons. The van der Waals surface area contributed by atoms with Crippen LogP contribution in [0.4, 0.5) is 18.9 Å². The van der Waals surface area contributed by atoms with Crippen LogP contribution < -0.4 is 9.73 Å². The van der Waals surface area contributed by atoms with Crippen molar-refractivity contribution in [1.82, 2.24) is 9.99 Å². The Labute approximate surface area is 234 Å². The Morgan fingerprint density at radius 2 is 1.68 bits per heavy atom. The number of carbonyl (C=O) groups excluding carboxylic acids is 1. The van der Waals surface area contributed by atoms with Gasteiger partial charge in [0.1, 0.15) is 6.54 Å². The number of halogens is 4. The van der Waals surface area contributed by atoms with Gasteiger partial charge in [0, 0.05) is 22.0 Å². The molecule has 0 fully saturated rings. The molecule has 0 bridgehead atoms. The van der Waals surface area contributed by atoms with E-state index in [1.165, 1.54) is 53.2 Å².